The second kappa shape index (κ2) is 8.71. The van der Waals surface area contributed by atoms with Crippen molar-refractivity contribution in [1.29, 1.82) is 0 Å². The van der Waals surface area contributed by atoms with Gasteiger partial charge in [-0.1, -0.05) is 5.21 Å². The Morgan fingerprint density at radius 3 is 2.63 bits per heavy atom. The Morgan fingerprint density at radius 1 is 1.13 bits per heavy atom. The largest absolute Gasteiger partial charge is 0.493 e. The van der Waals surface area contributed by atoms with Gasteiger partial charge in [0.1, 0.15) is 5.52 Å². The summed E-state index contributed by atoms with van der Waals surface area (Å²) in [7, 11) is 3.31. The van der Waals surface area contributed by atoms with Crippen LogP contribution in [0.2, 0.25) is 0 Å². The summed E-state index contributed by atoms with van der Waals surface area (Å²) >= 11 is 0. The van der Waals surface area contributed by atoms with Crippen LogP contribution in [-0.2, 0) is 19.5 Å². The van der Waals surface area contributed by atoms with E-state index >= 15 is 0 Å². The average Bonchev–Trinajstić information content (AvgIpc) is 3.20. The summed E-state index contributed by atoms with van der Waals surface area (Å²) in [6.45, 7) is 5.91. The molecular weight excluding hydrogens is 382 g/mol. The van der Waals surface area contributed by atoms with Crippen molar-refractivity contribution in [2.24, 2.45) is 0 Å². The minimum Gasteiger partial charge on any atom is -0.493 e. The number of aromatic nitrogens is 3. The number of methoxy groups -OCH3 is 2. The van der Waals surface area contributed by atoms with Crippen molar-refractivity contribution in [2.45, 2.75) is 26.4 Å². The summed E-state index contributed by atoms with van der Waals surface area (Å²) in [6, 6.07) is 9.64. The standard InChI is InChI=1S/C22H27N5O3/c1-4-27-19-6-5-16(11-18(19)24-25-27)22(28)23-8-10-26-9-7-15-12-20(29-2)21(30-3)13-17(15)14-26/h5-6,11-13H,4,7-10,14H2,1-3H3,(H,23,28). The molecule has 1 N–H and O–H groups in total. The predicted molar refractivity (Wildman–Crippen MR) is 114 cm³/mol. The van der Waals surface area contributed by atoms with Gasteiger partial charge in [0.05, 0.1) is 19.7 Å². The van der Waals surface area contributed by atoms with Crippen LogP contribution < -0.4 is 14.8 Å². The highest BCUT2D eigenvalue weighted by atomic mass is 16.5. The Morgan fingerprint density at radius 2 is 1.90 bits per heavy atom. The second-order valence-corrected chi connectivity index (χ2v) is 7.37. The van der Waals surface area contributed by atoms with Crippen LogP contribution >= 0.6 is 0 Å². The lowest BCUT2D eigenvalue weighted by atomic mass is 9.99. The minimum atomic E-state index is -0.0910. The van der Waals surface area contributed by atoms with Crippen molar-refractivity contribution >= 4 is 16.9 Å². The lowest BCUT2D eigenvalue weighted by molar-refractivity contribution is 0.0947. The van der Waals surface area contributed by atoms with Gasteiger partial charge in [0.25, 0.3) is 5.91 Å². The van der Waals surface area contributed by atoms with E-state index in [2.05, 4.69) is 32.7 Å². The van der Waals surface area contributed by atoms with Crippen LogP contribution in [0.15, 0.2) is 30.3 Å². The van der Waals surface area contributed by atoms with Gasteiger partial charge in [-0.05, 0) is 54.8 Å². The van der Waals surface area contributed by atoms with E-state index in [-0.39, 0.29) is 5.91 Å². The molecule has 0 aliphatic carbocycles. The van der Waals surface area contributed by atoms with Crippen molar-refractivity contribution in [3.8, 4) is 11.5 Å². The zero-order valence-corrected chi connectivity index (χ0v) is 17.6. The Kier molecular flexibility index (Phi) is 5.85. The maximum Gasteiger partial charge on any atom is 0.251 e. The molecule has 0 atom stereocenters. The first kappa shape index (κ1) is 20.2. The number of nitrogens with one attached hydrogen (secondary N) is 1. The van der Waals surface area contributed by atoms with Gasteiger partial charge in [-0.25, -0.2) is 4.68 Å². The fourth-order valence-electron chi connectivity index (χ4n) is 3.91. The molecule has 158 valence electrons. The van der Waals surface area contributed by atoms with E-state index in [1.165, 1.54) is 11.1 Å². The first-order chi connectivity index (χ1) is 14.6. The molecule has 0 spiro atoms. The Bertz CT molecular complexity index is 1060. The molecule has 30 heavy (non-hydrogen) atoms. The molecule has 3 aromatic rings. The molecule has 4 rings (SSSR count). The number of fused-ring (bicyclic) bond motifs is 2. The molecule has 0 radical (unpaired) electrons. The molecule has 2 aromatic carbocycles. The van der Waals surface area contributed by atoms with Crippen molar-refractivity contribution in [1.82, 2.24) is 25.2 Å². The number of carbonyl (C=O) groups is 1. The zero-order chi connectivity index (χ0) is 21.1. The molecule has 0 saturated carbocycles. The Hall–Kier alpha value is -3.13. The summed E-state index contributed by atoms with van der Waals surface area (Å²) in [5.74, 6) is 1.43. The van der Waals surface area contributed by atoms with Crippen LogP contribution in [0.5, 0.6) is 11.5 Å². The number of hydrogen-bond acceptors (Lipinski definition) is 6. The molecule has 1 aromatic heterocycles. The SMILES string of the molecule is CCn1nnc2cc(C(=O)NCCN3CCc4cc(OC)c(OC)cc4C3)ccc21. The highest BCUT2D eigenvalue weighted by Crippen LogP contribution is 2.33. The fraction of sp³-hybridized carbons (Fsp3) is 0.409. The smallest absolute Gasteiger partial charge is 0.251 e. The molecule has 0 bridgehead atoms. The molecule has 8 nitrogen and oxygen atoms in total. The Balaban J connectivity index is 1.34. The van der Waals surface area contributed by atoms with Gasteiger partial charge in [-0.3, -0.25) is 9.69 Å². The highest BCUT2D eigenvalue weighted by molar-refractivity contribution is 5.97. The zero-order valence-electron chi connectivity index (χ0n) is 17.6. The number of aryl methyl sites for hydroxylation is 1. The lowest BCUT2D eigenvalue weighted by Crippen LogP contribution is -2.37. The molecule has 2 heterocycles. The van der Waals surface area contributed by atoms with Crippen molar-refractivity contribution < 1.29 is 14.3 Å². The third-order valence-electron chi connectivity index (χ3n) is 5.59. The molecule has 1 aliphatic heterocycles. The van der Waals surface area contributed by atoms with Gasteiger partial charge >= 0.3 is 0 Å². The number of carbonyl (C=O) groups excluding carboxylic acids is 1. The highest BCUT2D eigenvalue weighted by Gasteiger charge is 2.19. The fourth-order valence-corrected chi connectivity index (χ4v) is 3.91. The third kappa shape index (κ3) is 3.95. The summed E-state index contributed by atoms with van der Waals surface area (Å²) in [6.07, 6.45) is 0.952. The summed E-state index contributed by atoms with van der Waals surface area (Å²) in [4.78, 5) is 14.9. The van der Waals surface area contributed by atoms with Crippen molar-refractivity contribution in [2.75, 3.05) is 33.9 Å². The Labute approximate surface area is 175 Å². The maximum absolute atomic E-state index is 12.5. The summed E-state index contributed by atoms with van der Waals surface area (Å²) < 4.78 is 12.6. The van der Waals surface area contributed by atoms with Crippen LogP contribution in [0.1, 0.15) is 28.4 Å². The quantitative estimate of drug-likeness (QED) is 0.645. The second-order valence-electron chi connectivity index (χ2n) is 7.37. The van der Waals surface area contributed by atoms with Crippen molar-refractivity contribution in [3.05, 3.63) is 47.0 Å². The van der Waals surface area contributed by atoms with E-state index in [0.717, 1.165) is 55.1 Å². The van der Waals surface area contributed by atoms with Gasteiger partial charge < -0.3 is 14.8 Å². The van der Waals surface area contributed by atoms with Crippen LogP contribution in [0.25, 0.3) is 11.0 Å². The van der Waals surface area contributed by atoms with Gasteiger partial charge in [0, 0.05) is 38.3 Å². The van der Waals surface area contributed by atoms with Gasteiger partial charge in [0.2, 0.25) is 0 Å². The number of nitrogens with zero attached hydrogens (tertiary/aromatic N) is 4. The topological polar surface area (TPSA) is 81.5 Å². The van der Waals surface area contributed by atoms with Crippen LogP contribution in [-0.4, -0.2) is 59.7 Å². The first-order valence-electron chi connectivity index (χ1n) is 10.2. The minimum absolute atomic E-state index is 0.0910. The number of ether oxygens (including phenoxy) is 2. The maximum atomic E-state index is 12.5. The molecule has 8 heteroatoms. The monoisotopic (exact) mass is 409 g/mol. The molecule has 0 saturated heterocycles. The van der Waals surface area contributed by atoms with Crippen LogP contribution in [0.4, 0.5) is 0 Å². The molecule has 0 unspecified atom stereocenters. The average molecular weight is 409 g/mol. The number of benzene rings is 2. The van der Waals surface area contributed by atoms with E-state index in [1.807, 2.05) is 23.7 Å². The molecule has 0 fully saturated rings. The van der Waals surface area contributed by atoms with E-state index < -0.39 is 0 Å². The van der Waals surface area contributed by atoms with Crippen LogP contribution in [0, 0.1) is 0 Å². The lowest BCUT2D eigenvalue weighted by Gasteiger charge is -2.29. The van der Waals surface area contributed by atoms with E-state index in [1.54, 1.807) is 20.3 Å². The van der Waals surface area contributed by atoms with E-state index in [4.69, 9.17) is 9.47 Å². The van der Waals surface area contributed by atoms with Gasteiger partial charge in [0.15, 0.2) is 11.5 Å². The van der Waals surface area contributed by atoms with Crippen LogP contribution in [0.3, 0.4) is 0 Å². The summed E-state index contributed by atoms with van der Waals surface area (Å²) in [5.41, 5.74) is 4.82. The predicted octanol–water partition coefficient (Wildman–Crippen LogP) is 2.26. The molecule has 1 amide bonds. The van der Waals surface area contributed by atoms with Gasteiger partial charge in [-0.2, -0.15) is 0 Å². The normalized spacial score (nSPS) is 13.8. The molecule has 1 aliphatic rings. The number of hydrogen-bond donors (Lipinski definition) is 1. The number of amides is 1. The first-order valence-corrected chi connectivity index (χ1v) is 10.2. The van der Waals surface area contributed by atoms with Gasteiger partial charge in [-0.15, -0.1) is 5.10 Å². The molecular formula is C22H27N5O3. The third-order valence-corrected chi connectivity index (χ3v) is 5.59. The summed E-state index contributed by atoms with van der Waals surface area (Å²) in [5, 5.41) is 11.2. The van der Waals surface area contributed by atoms with Crippen molar-refractivity contribution in [3.63, 3.8) is 0 Å². The number of rotatable bonds is 7. The van der Waals surface area contributed by atoms with E-state index in [9.17, 15) is 4.79 Å². The van der Waals surface area contributed by atoms with E-state index in [0.29, 0.717) is 12.1 Å².